The Kier molecular flexibility index (Phi) is 6.00. The molecular weight excluding hydrogens is 457 g/mol. The third-order valence-electron chi connectivity index (χ3n) is 4.71. The molecule has 31 heavy (non-hydrogen) atoms. The van der Waals surface area contributed by atoms with E-state index in [1.54, 1.807) is 54.6 Å². The number of aryl methyl sites for hydroxylation is 1. The molecule has 1 amide bonds. The number of aromatic nitrogens is 2. The topological polar surface area (TPSA) is 73.1 Å². The van der Waals surface area contributed by atoms with Gasteiger partial charge in [-0.25, -0.2) is 9.36 Å². The second kappa shape index (κ2) is 8.70. The van der Waals surface area contributed by atoms with Crippen molar-refractivity contribution >= 4 is 56.3 Å². The van der Waals surface area contributed by atoms with Gasteiger partial charge in [-0.3, -0.25) is 14.2 Å². The fourth-order valence-electron chi connectivity index (χ4n) is 3.23. The van der Waals surface area contributed by atoms with Crippen LogP contribution in [0.4, 0.5) is 5.69 Å². The van der Waals surface area contributed by atoms with Gasteiger partial charge in [0.2, 0.25) is 5.91 Å². The molecule has 158 valence electrons. The van der Waals surface area contributed by atoms with Crippen molar-refractivity contribution in [1.82, 2.24) is 9.13 Å². The van der Waals surface area contributed by atoms with Gasteiger partial charge in [0, 0.05) is 20.6 Å². The van der Waals surface area contributed by atoms with Crippen molar-refractivity contribution in [3.05, 3.63) is 90.4 Å². The molecule has 0 aliphatic carbocycles. The first kappa shape index (κ1) is 21.4. The summed E-state index contributed by atoms with van der Waals surface area (Å²) in [6.45, 7) is 1.72. The fourth-order valence-corrected chi connectivity index (χ4v) is 4.62. The van der Waals surface area contributed by atoms with Gasteiger partial charge < -0.3 is 5.32 Å². The Balaban J connectivity index is 1.84. The lowest BCUT2D eigenvalue weighted by Crippen LogP contribution is -2.40. The average molecular weight is 474 g/mol. The van der Waals surface area contributed by atoms with Gasteiger partial charge in [-0.05, 0) is 55.0 Å². The van der Waals surface area contributed by atoms with Gasteiger partial charge in [0.1, 0.15) is 11.4 Å². The van der Waals surface area contributed by atoms with Crippen LogP contribution in [0.5, 0.6) is 0 Å². The lowest BCUT2D eigenvalue weighted by atomic mass is 10.3. The van der Waals surface area contributed by atoms with E-state index in [2.05, 4.69) is 5.32 Å². The summed E-state index contributed by atoms with van der Waals surface area (Å²) in [4.78, 5) is 40.6. The molecule has 2 heterocycles. The third kappa shape index (κ3) is 4.30. The highest BCUT2D eigenvalue weighted by molar-refractivity contribution is 7.18. The molecule has 0 atom stereocenters. The molecule has 0 fully saturated rings. The SMILES string of the molecule is CCc1cc2c(=O)n(-c3cccc(Cl)c3)c(=O)n(CC(=O)Nc3ccc(Cl)cc3)c2s1. The normalized spacial score (nSPS) is 11.1. The van der Waals surface area contributed by atoms with Crippen molar-refractivity contribution in [3.8, 4) is 5.69 Å². The van der Waals surface area contributed by atoms with Crippen molar-refractivity contribution in [2.45, 2.75) is 19.9 Å². The van der Waals surface area contributed by atoms with E-state index in [9.17, 15) is 14.4 Å². The van der Waals surface area contributed by atoms with Crippen LogP contribution in [0.1, 0.15) is 11.8 Å². The van der Waals surface area contributed by atoms with Crippen LogP contribution in [0.15, 0.2) is 64.2 Å². The van der Waals surface area contributed by atoms with Crippen molar-refractivity contribution < 1.29 is 4.79 Å². The minimum atomic E-state index is -0.601. The summed E-state index contributed by atoms with van der Waals surface area (Å²) in [5, 5.41) is 4.09. The van der Waals surface area contributed by atoms with Crippen LogP contribution in [0.2, 0.25) is 10.0 Å². The number of halogens is 2. The average Bonchev–Trinajstić information content (AvgIpc) is 3.18. The predicted octanol–water partition coefficient (Wildman–Crippen LogP) is 4.72. The smallest absolute Gasteiger partial charge is 0.325 e. The molecule has 0 spiro atoms. The van der Waals surface area contributed by atoms with Crippen molar-refractivity contribution in [2.24, 2.45) is 0 Å². The molecule has 0 aliphatic rings. The van der Waals surface area contributed by atoms with Crippen LogP contribution in [0.25, 0.3) is 15.9 Å². The largest absolute Gasteiger partial charge is 0.337 e. The Labute approximate surface area is 191 Å². The van der Waals surface area contributed by atoms with Gasteiger partial charge >= 0.3 is 5.69 Å². The summed E-state index contributed by atoms with van der Waals surface area (Å²) >= 11 is 13.3. The van der Waals surface area contributed by atoms with E-state index in [0.717, 1.165) is 9.44 Å². The highest BCUT2D eigenvalue weighted by Crippen LogP contribution is 2.23. The zero-order chi connectivity index (χ0) is 22.1. The number of carbonyl (C=O) groups is 1. The summed E-state index contributed by atoms with van der Waals surface area (Å²) in [5.41, 5.74) is -0.133. The van der Waals surface area contributed by atoms with E-state index >= 15 is 0 Å². The monoisotopic (exact) mass is 473 g/mol. The van der Waals surface area contributed by atoms with Crippen LogP contribution in [-0.2, 0) is 17.8 Å². The van der Waals surface area contributed by atoms with E-state index in [0.29, 0.717) is 38.1 Å². The molecule has 4 rings (SSSR count). The van der Waals surface area contributed by atoms with E-state index in [4.69, 9.17) is 23.2 Å². The predicted molar refractivity (Wildman–Crippen MR) is 126 cm³/mol. The number of rotatable bonds is 5. The first-order chi connectivity index (χ1) is 14.9. The van der Waals surface area contributed by atoms with Crippen LogP contribution < -0.4 is 16.6 Å². The third-order valence-corrected chi connectivity index (χ3v) is 6.50. The van der Waals surface area contributed by atoms with Gasteiger partial charge in [0.25, 0.3) is 5.56 Å². The summed E-state index contributed by atoms with van der Waals surface area (Å²) < 4.78 is 2.38. The molecule has 0 saturated carbocycles. The van der Waals surface area contributed by atoms with E-state index in [1.165, 1.54) is 15.9 Å². The maximum Gasteiger partial charge on any atom is 0.337 e. The summed E-state index contributed by atoms with van der Waals surface area (Å²) in [6.07, 6.45) is 0.709. The van der Waals surface area contributed by atoms with Gasteiger partial charge in [0.05, 0.1) is 11.1 Å². The van der Waals surface area contributed by atoms with Crippen LogP contribution in [-0.4, -0.2) is 15.0 Å². The molecule has 6 nitrogen and oxygen atoms in total. The number of fused-ring (bicyclic) bond motifs is 1. The maximum absolute atomic E-state index is 13.3. The minimum Gasteiger partial charge on any atom is -0.325 e. The summed E-state index contributed by atoms with van der Waals surface area (Å²) in [5.74, 6) is -0.395. The van der Waals surface area contributed by atoms with Crippen LogP contribution in [0.3, 0.4) is 0 Å². The highest BCUT2D eigenvalue weighted by atomic mass is 35.5. The summed E-state index contributed by atoms with van der Waals surface area (Å²) in [6, 6.07) is 14.9. The quantitative estimate of drug-likeness (QED) is 0.455. The van der Waals surface area contributed by atoms with Crippen molar-refractivity contribution in [1.29, 1.82) is 0 Å². The number of hydrogen-bond donors (Lipinski definition) is 1. The second-order valence-corrected chi connectivity index (χ2v) is 8.82. The van der Waals surface area contributed by atoms with E-state index < -0.39 is 17.2 Å². The zero-order valence-electron chi connectivity index (χ0n) is 16.4. The molecule has 0 unspecified atom stereocenters. The van der Waals surface area contributed by atoms with Crippen molar-refractivity contribution in [2.75, 3.05) is 5.32 Å². The molecule has 0 aliphatic heterocycles. The van der Waals surface area contributed by atoms with Crippen LogP contribution >= 0.6 is 34.5 Å². The number of nitrogens with zero attached hydrogens (tertiary/aromatic N) is 2. The Hall–Kier alpha value is -2.87. The maximum atomic E-state index is 13.3. The Morgan fingerprint density at radius 2 is 1.77 bits per heavy atom. The number of carbonyl (C=O) groups excluding carboxylic acids is 1. The number of hydrogen-bond acceptors (Lipinski definition) is 4. The van der Waals surface area contributed by atoms with E-state index in [-0.39, 0.29) is 6.54 Å². The first-order valence-electron chi connectivity index (χ1n) is 9.47. The molecule has 0 saturated heterocycles. The lowest BCUT2D eigenvalue weighted by molar-refractivity contribution is -0.116. The highest BCUT2D eigenvalue weighted by Gasteiger charge is 2.19. The number of amides is 1. The molecular formula is C22H17Cl2N3O3S. The van der Waals surface area contributed by atoms with Gasteiger partial charge in [-0.2, -0.15) is 0 Å². The first-order valence-corrected chi connectivity index (χ1v) is 11.0. The molecule has 1 N–H and O–H groups in total. The standard InChI is InChI=1S/C22H17Cl2N3O3S/c1-2-17-11-18-20(29)27(16-5-3-4-14(24)10-16)22(30)26(21(18)31-17)12-19(28)25-15-8-6-13(23)7-9-15/h3-11H,2,12H2,1H3,(H,25,28). The molecule has 0 bridgehead atoms. The van der Waals surface area contributed by atoms with Crippen LogP contribution in [0, 0.1) is 0 Å². The molecule has 9 heteroatoms. The van der Waals surface area contributed by atoms with Gasteiger partial charge in [-0.15, -0.1) is 11.3 Å². The summed E-state index contributed by atoms with van der Waals surface area (Å²) in [7, 11) is 0. The molecule has 2 aromatic carbocycles. The fraction of sp³-hybridized carbons (Fsp3) is 0.136. The Morgan fingerprint density at radius 1 is 1.03 bits per heavy atom. The number of benzene rings is 2. The molecule has 4 aromatic rings. The Bertz CT molecular complexity index is 1400. The number of anilines is 1. The van der Waals surface area contributed by atoms with E-state index in [1.807, 2.05) is 6.92 Å². The Morgan fingerprint density at radius 3 is 2.45 bits per heavy atom. The minimum absolute atomic E-state index is 0.248. The lowest BCUT2D eigenvalue weighted by Gasteiger charge is -2.12. The van der Waals surface area contributed by atoms with Crippen molar-refractivity contribution in [3.63, 3.8) is 0 Å². The molecule has 0 radical (unpaired) electrons. The van der Waals surface area contributed by atoms with Gasteiger partial charge in [-0.1, -0.05) is 36.2 Å². The second-order valence-electron chi connectivity index (χ2n) is 6.83. The number of nitrogens with one attached hydrogen (secondary N) is 1. The van der Waals surface area contributed by atoms with Gasteiger partial charge in [0.15, 0.2) is 0 Å². The zero-order valence-corrected chi connectivity index (χ0v) is 18.7. The molecule has 2 aromatic heterocycles. The number of thiophene rings is 1.